The standard InChI is InChI=1S/C23H29FN6O2S/c1-17(2)33(31,32)27-20-6-3-5-19(13-20)18-8-11-29(12-9-18)14-21-15-30(28-26-21)16-23-22(24)7-4-10-25-23/h3-7,10,13,15,17-18,27H,8-9,11-12,14,16H2,1-2H3. The highest BCUT2D eigenvalue weighted by atomic mass is 32.2. The zero-order valence-corrected chi connectivity index (χ0v) is 19.7. The molecule has 0 aliphatic carbocycles. The second kappa shape index (κ2) is 9.96. The fourth-order valence-corrected chi connectivity index (χ4v) is 4.66. The van der Waals surface area contributed by atoms with E-state index in [9.17, 15) is 12.8 Å². The van der Waals surface area contributed by atoms with E-state index in [0.717, 1.165) is 37.2 Å². The summed E-state index contributed by atoms with van der Waals surface area (Å²) >= 11 is 0. The molecule has 1 N–H and O–H groups in total. The number of halogens is 1. The number of sulfonamides is 1. The minimum Gasteiger partial charge on any atom is -0.297 e. The number of hydrogen-bond acceptors (Lipinski definition) is 6. The summed E-state index contributed by atoms with van der Waals surface area (Å²) in [6.07, 6.45) is 5.36. The quantitative estimate of drug-likeness (QED) is 0.540. The Hall–Kier alpha value is -2.85. The van der Waals surface area contributed by atoms with Crippen molar-refractivity contribution in [2.24, 2.45) is 0 Å². The highest BCUT2D eigenvalue weighted by Crippen LogP contribution is 2.30. The number of benzene rings is 1. The normalized spacial score (nSPS) is 15.8. The number of pyridine rings is 1. The van der Waals surface area contributed by atoms with Gasteiger partial charge < -0.3 is 0 Å². The molecule has 33 heavy (non-hydrogen) atoms. The van der Waals surface area contributed by atoms with Gasteiger partial charge in [0.2, 0.25) is 10.0 Å². The third-order valence-electron chi connectivity index (χ3n) is 5.94. The van der Waals surface area contributed by atoms with Gasteiger partial charge in [-0.1, -0.05) is 17.3 Å². The second-order valence-corrected chi connectivity index (χ2v) is 10.9. The minimum absolute atomic E-state index is 0.249. The lowest BCUT2D eigenvalue weighted by Gasteiger charge is -2.31. The summed E-state index contributed by atoms with van der Waals surface area (Å²) in [5, 5.41) is 7.86. The summed E-state index contributed by atoms with van der Waals surface area (Å²) in [6, 6.07) is 10.7. The average Bonchev–Trinajstić information content (AvgIpc) is 3.22. The maximum Gasteiger partial charge on any atom is 0.235 e. The van der Waals surface area contributed by atoms with E-state index in [2.05, 4.69) is 31.0 Å². The monoisotopic (exact) mass is 472 g/mol. The zero-order valence-electron chi connectivity index (χ0n) is 18.9. The third kappa shape index (κ3) is 5.94. The fourth-order valence-electron chi connectivity index (χ4n) is 3.97. The van der Waals surface area contributed by atoms with Crippen LogP contribution in [0, 0.1) is 5.82 Å². The number of anilines is 1. The van der Waals surface area contributed by atoms with Crippen LogP contribution >= 0.6 is 0 Å². The molecule has 0 radical (unpaired) electrons. The van der Waals surface area contributed by atoms with Gasteiger partial charge in [0.15, 0.2) is 0 Å². The Balaban J connectivity index is 1.31. The maximum absolute atomic E-state index is 13.8. The van der Waals surface area contributed by atoms with Crippen molar-refractivity contribution >= 4 is 15.7 Å². The highest BCUT2D eigenvalue weighted by molar-refractivity contribution is 7.93. The van der Waals surface area contributed by atoms with E-state index in [-0.39, 0.29) is 12.4 Å². The molecule has 0 spiro atoms. The van der Waals surface area contributed by atoms with Crippen LogP contribution in [0.4, 0.5) is 10.1 Å². The van der Waals surface area contributed by atoms with Crippen molar-refractivity contribution in [1.82, 2.24) is 24.9 Å². The fraction of sp³-hybridized carbons (Fsp3) is 0.435. The van der Waals surface area contributed by atoms with Gasteiger partial charge in [-0.05, 0) is 75.5 Å². The van der Waals surface area contributed by atoms with E-state index < -0.39 is 15.3 Å². The third-order valence-corrected chi connectivity index (χ3v) is 7.71. The predicted octanol–water partition coefficient (Wildman–Crippen LogP) is 3.39. The predicted molar refractivity (Wildman–Crippen MR) is 125 cm³/mol. The van der Waals surface area contributed by atoms with Gasteiger partial charge in [0.1, 0.15) is 5.82 Å². The van der Waals surface area contributed by atoms with Crippen molar-refractivity contribution in [2.45, 2.75) is 50.9 Å². The minimum atomic E-state index is -3.36. The van der Waals surface area contributed by atoms with Gasteiger partial charge in [0, 0.05) is 18.4 Å². The van der Waals surface area contributed by atoms with E-state index in [1.165, 1.54) is 6.07 Å². The maximum atomic E-state index is 13.8. The Bertz CT molecular complexity index is 1190. The number of nitrogens with zero attached hydrogens (tertiary/aromatic N) is 5. The highest BCUT2D eigenvalue weighted by Gasteiger charge is 2.22. The van der Waals surface area contributed by atoms with Gasteiger partial charge in [-0.15, -0.1) is 5.10 Å². The molecule has 176 valence electrons. The van der Waals surface area contributed by atoms with Crippen molar-refractivity contribution in [3.05, 3.63) is 71.6 Å². The van der Waals surface area contributed by atoms with Gasteiger partial charge in [-0.25, -0.2) is 17.5 Å². The topological polar surface area (TPSA) is 93.0 Å². The molecule has 1 aliphatic heterocycles. The molecule has 8 nitrogen and oxygen atoms in total. The van der Waals surface area contributed by atoms with Crippen LogP contribution in [-0.4, -0.2) is 51.6 Å². The van der Waals surface area contributed by atoms with E-state index in [0.29, 0.717) is 23.8 Å². The largest absolute Gasteiger partial charge is 0.297 e. The molecule has 0 saturated carbocycles. The number of nitrogens with one attached hydrogen (secondary N) is 1. The molecule has 4 rings (SSSR count). The van der Waals surface area contributed by atoms with Crippen LogP contribution in [0.3, 0.4) is 0 Å². The molecular formula is C23H29FN6O2S. The lowest BCUT2D eigenvalue weighted by atomic mass is 9.89. The first kappa shape index (κ1) is 23.3. The molecule has 1 fully saturated rings. The molecule has 1 saturated heterocycles. The Morgan fingerprint density at radius 3 is 2.67 bits per heavy atom. The van der Waals surface area contributed by atoms with E-state index >= 15 is 0 Å². The number of rotatable bonds is 8. The molecular weight excluding hydrogens is 443 g/mol. The van der Waals surface area contributed by atoms with Crippen LogP contribution in [0.5, 0.6) is 0 Å². The summed E-state index contributed by atoms with van der Waals surface area (Å²) in [5.41, 5.74) is 2.95. The van der Waals surface area contributed by atoms with Gasteiger partial charge in [0.25, 0.3) is 0 Å². The van der Waals surface area contributed by atoms with Crippen molar-refractivity contribution in [2.75, 3.05) is 17.8 Å². The molecule has 3 aromatic rings. The van der Waals surface area contributed by atoms with Gasteiger partial charge in [-0.3, -0.25) is 14.6 Å². The van der Waals surface area contributed by atoms with E-state index in [1.807, 2.05) is 18.3 Å². The molecule has 1 aliphatic rings. The van der Waals surface area contributed by atoms with E-state index in [4.69, 9.17) is 0 Å². The number of likely N-dealkylation sites (tertiary alicyclic amines) is 1. The number of piperidine rings is 1. The molecule has 2 aromatic heterocycles. The molecule has 0 bridgehead atoms. The zero-order chi connectivity index (χ0) is 23.4. The van der Waals surface area contributed by atoms with Crippen molar-refractivity contribution in [3.63, 3.8) is 0 Å². The Morgan fingerprint density at radius 2 is 1.94 bits per heavy atom. The first-order valence-corrected chi connectivity index (χ1v) is 12.7. The Kier molecular flexibility index (Phi) is 7.04. The number of aromatic nitrogens is 4. The summed E-state index contributed by atoms with van der Waals surface area (Å²) in [4.78, 5) is 6.39. The van der Waals surface area contributed by atoms with Crippen molar-refractivity contribution in [1.29, 1.82) is 0 Å². The average molecular weight is 473 g/mol. The van der Waals surface area contributed by atoms with Crippen LogP contribution in [0.1, 0.15) is 49.6 Å². The summed E-state index contributed by atoms with van der Waals surface area (Å²) < 4.78 is 42.4. The van der Waals surface area contributed by atoms with E-state index in [1.54, 1.807) is 36.9 Å². The lowest BCUT2D eigenvalue weighted by Crippen LogP contribution is -2.32. The van der Waals surface area contributed by atoms with Crippen LogP contribution in [0.25, 0.3) is 0 Å². The molecule has 0 amide bonds. The SMILES string of the molecule is CC(C)S(=O)(=O)Nc1cccc(C2CCN(Cc3cn(Cc4ncccc4F)nn3)CC2)c1. The summed E-state index contributed by atoms with van der Waals surface area (Å²) in [7, 11) is -3.36. The first-order chi connectivity index (χ1) is 15.8. The molecule has 3 heterocycles. The van der Waals surface area contributed by atoms with Crippen molar-refractivity contribution < 1.29 is 12.8 Å². The summed E-state index contributed by atoms with van der Waals surface area (Å²) in [5.74, 6) is 0.0327. The molecule has 0 atom stereocenters. The van der Waals surface area contributed by atoms with Crippen molar-refractivity contribution in [3.8, 4) is 0 Å². The smallest absolute Gasteiger partial charge is 0.235 e. The first-order valence-electron chi connectivity index (χ1n) is 11.1. The van der Waals surface area contributed by atoms with Crippen LogP contribution < -0.4 is 4.72 Å². The number of hydrogen-bond donors (Lipinski definition) is 1. The lowest BCUT2D eigenvalue weighted by molar-refractivity contribution is 0.202. The molecule has 10 heteroatoms. The Labute approximate surface area is 193 Å². The van der Waals surface area contributed by atoms with Crippen LogP contribution in [-0.2, 0) is 23.1 Å². The van der Waals surface area contributed by atoms with Crippen LogP contribution in [0.15, 0.2) is 48.8 Å². The molecule has 1 aromatic carbocycles. The molecule has 0 unspecified atom stereocenters. The Morgan fingerprint density at radius 1 is 1.15 bits per heavy atom. The van der Waals surface area contributed by atoms with Gasteiger partial charge in [0.05, 0.1) is 29.4 Å². The second-order valence-electron chi connectivity index (χ2n) is 8.71. The van der Waals surface area contributed by atoms with Crippen LogP contribution in [0.2, 0.25) is 0 Å². The van der Waals surface area contributed by atoms with Gasteiger partial charge in [-0.2, -0.15) is 0 Å². The summed E-state index contributed by atoms with van der Waals surface area (Å²) in [6.45, 7) is 6.08. The van der Waals surface area contributed by atoms with Gasteiger partial charge >= 0.3 is 0 Å².